The number of nitrogens with two attached hydrogens (primary N) is 1. The Balaban J connectivity index is 1.90. The van der Waals surface area contributed by atoms with Crippen LogP contribution >= 0.6 is 0 Å². The van der Waals surface area contributed by atoms with Gasteiger partial charge >= 0.3 is 5.97 Å². The third kappa shape index (κ3) is 3.60. The van der Waals surface area contributed by atoms with Crippen LogP contribution in [0.3, 0.4) is 0 Å². The standard InChI is InChI=1S/C14H22N4O2/c1-3-18(10-4-5-10)7-6-16-13-8-11(14(19)20-2)12(15)9-17-13/h8-10H,3-7,15H2,1-2H3,(H,16,17). The minimum Gasteiger partial charge on any atom is -0.465 e. The van der Waals surface area contributed by atoms with Crippen LogP contribution in [-0.2, 0) is 4.74 Å². The van der Waals surface area contributed by atoms with E-state index in [9.17, 15) is 4.79 Å². The van der Waals surface area contributed by atoms with Crippen LogP contribution < -0.4 is 11.1 Å². The highest BCUT2D eigenvalue weighted by atomic mass is 16.5. The van der Waals surface area contributed by atoms with Gasteiger partial charge in [0.05, 0.1) is 24.6 Å². The number of carbonyl (C=O) groups is 1. The fraction of sp³-hybridized carbons (Fsp3) is 0.571. The summed E-state index contributed by atoms with van der Waals surface area (Å²) in [5, 5.41) is 3.22. The molecule has 0 atom stereocenters. The number of hydrogen-bond donors (Lipinski definition) is 2. The van der Waals surface area contributed by atoms with Gasteiger partial charge in [-0.3, -0.25) is 4.90 Å². The molecule has 1 aromatic rings. The summed E-state index contributed by atoms with van der Waals surface area (Å²) in [6.45, 7) is 5.01. The van der Waals surface area contributed by atoms with E-state index in [4.69, 9.17) is 5.73 Å². The summed E-state index contributed by atoms with van der Waals surface area (Å²) in [5.74, 6) is 0.201. The van der Waals surface area contributed by atoms with E-state index in [1.807, 2.05) is 0 Å². The van der Waals surface area contributed by atoms with Crippen molar-refractivity contribution in [1.82, 2.24) is 9.88 Å². The van der Waals surface area contributed by atoms with Crippen molar-refractivity contribution in [3.05, 3.63) is 17.8 Å². The number of ether oxygens (including phenoxy) is 1. The lowest BCUT2D eigenvalue weighted by atomic mass is 10.2. The summed E-state index contributed by atoms with van der Waals surface area (Å²) in [5.41, 5.74) is 6.39. The predicted molar refractivity (Wildman–Crippen MR) is 78.7 cm³/mol. The zero-order valence-corrected chi connectivity index (χ0v) is 12.1. The van der Waals surface area contributed by atoms with E-state index in [2.05, 4.69) is 26.9 Å². The molecule has 3 N–H and O–H groups in total. The number of esters is 1. The first-order chi connectivity index (χ1) is 9.65. The van der Waals surface area contributed by atoms with Crippen molar-refractivity contribution in [2.75, 3.05) is 37.8 Å². The first kappa shape index (κ1) is 14.6. The third-order valence-corrected chi connectivity index (χ3v) is 3.51. The van der Waals surface area contributed by atoms with Gasteiger partial charge in [-0.05, 0) is 25.5 Å². The Bertz CT molecular complexity index is 474. The van der Waals surface area contributed by atoms with Crippen molar-refractivity contribution in [3.63, 3.8) is 0 Å². The normalized spacial score (nSPS) is 14.3. The van der Waals surface area contributed by atoms with E-state index in [0.717, 1.165) is 25.7 Å². The fourth-order valence-electron chi connectivity index (χ4n) is 2.22. The zero-order chi connectivity index (χ0) is 14.5. The number of pyridine rings is 1. The lowest BCUT2D eigenvalue weighted by Crippen LogP contribution is -2.31. The van der Waals surface area contributed by atoms with Crippen LogP contribution in [0.15, 0.2) is 12.3 Å². The Hall–Kier alpha value is -1.82. The Morgan fingerprint density at radius 2 is 2.35 bits per heavy atom. The smallest absolute Gasteiger partial charge is 0.340 e. The molecule has 1 fully saturated rings. The van der Waals surface area contributed by atoms with Crippen LogP contribution in [0, 0.1) is 0 Å². The van der Waals surface area contributed by atoms with Crippen molar-refractivity contribution in [1.29, 1.82) is 0 Å². The van der Waals surface area contributed by atoms with Crippen molar-refractivity contribution in [3.8, 4) is 0 Å². The van der Waals surface area contributed by atoms with Gasteiger partial charge in [0.1, 0.15) is 5.82 Å². The summed E-state index contributed by atoms with van der Waals surface area (Å²) in [4.78, 5) is 18.2. The van der Waals surface area contributed by atoms with Gasteiger partial charge in [-0.2, -0.15) is 0 Å². The molecule has 6 heteroatoms. The molecule has 0 radical (unpaired) electrons. The number of anilines is 2. The number of rotatable bonds is 7. The van der Waals surface area contributed by atoms with Crippen LogP contribution in [0.5, 0.6) is 0 Å². The maximum absolute atomic E-state index is 11.5. The Morgan fingerprint density at radius 3 is 2.95 bits per heavy atom. The van der Waals surface area contributed by atoms with Crippen LogP contribution in [0.25, 0.3) is 0 Å². The second kappa shape index (κ2) is 6.56. The molecular formula is C14H22N4O2. The molecule has 1 saturated carbocycles. The van der Waals surface area contributed by atoms with Gasteiger partial charge < -0.3 is 15.8 Å². The number of hydrogen-bond acceptors (Lipinski definition) is 6. The molecule has 110 valence electrons. The number of nitrogens with zero attached hydrogens (tertiary/aromatic N) is 2. The van der Waals surface area contributed by atoms with Gasteiger partial charge in [-0.15, -0.1) is 0 Å². The maximum atomic E-state index is 11.5. The van der Waals surface area contributed by atoms with E-state index in [-0.39, 0.29) is 0 Å². The number of methoxy groups -OCH3 is 1. The van der Waals surface area contributed by atoms with E-state index in [0.29, 0.717) is 17.1 Å². The monoisotopic (exact) mass is 278 g/mol. The van der Waals surface area contributed by atoms with Crippen LogP contribution in [-0.4, -0.2) is 48.6 Å². The molecule has 1 aliphatic rings. The lowest BCUT2D eigenvalue weighted by Gasteiger charge is -2.20. The van der Waals surface area contributed by atoms with Gasteiger partial charge in [-0.1, -0.05) is 6.92 Å². The first-order valence-corrected chi connectivity index (χ1v) is 6.97. The summed E-state index contributed by atoms with van der Waals surface area (Å²) < 4.78 is 4.69. The van der Waals surface area contributed by atoms with Gasteiger partial charge in [0, 0.05) is 19.1 Å². The topological polar surface area (TPSA) is 80.5 Å². The fourth-order valence-corrected chi connectivity index (χ4v) is 2.22. The third-order valence-electron chi connectivity index (χ3n) is 3.51. The van der Waals surface area contributed by atoms with Crippen LogP contribution in [0.1, 0.15) is 30.1 Å². The van der Waals surface area contributed by atoms with E-state index in [1.165, 1.54) is 26.1 Å². The number of likely N-dealkylation sites (N-methyl/N-ethyl adjacent to an activating group) is 1. The molecule has 0 unspecified atom stereocenters. The Morgan fingerprint density at radius 1 is 1.60 bits per heavy atom. The average molecular weight is 278 g/mol. The highest BCUT2D eigenvalue weighted by Gasteiger charge is 2.27. The number of nitrogen functional groups attached to an aromatic ring is 1. The molecule has 0 saturated heterocycles. The zero-order valence-electron chi connectivity index (χ0n) is 12.1. The highest BCUT2D eigenvalue weighted by Crippen LogP contribution is 2.26. The summed E-state index contributed by atoms with van der Waals surface area (Å²) >= 11 is 0. The van der Waals surface area contributed by atoms with Crippen molar-refractivity contribution < 1.29 is 9.53 Å². The molecule has 0 aromatic carbocycles. The van der Waals surface area contributed by atoms with Gasteiger partial charge in [0.2, 0.25) is 0 Å². The lowest BCUT2D eigenvalue weighted by molar-refractivity contribution is 0.0602. The molecule has 1 aromatic heterocycles. The van der Waals surface area contributed by atoms with Gasteiger partial charge in [0.25, 0.3) is 0 Å². The molecule has 0 amide bonds. The quantitative estimate of drug-likeness (QED) is 0.733. The predicted octanol–water partition coefficient (Wildman–Crippen LogP) is 1.35. The van der Waals surface area contributed by atoms with Crippen molar-refractivity contribution in [2.45, 2.75) is 25.8 Å². The molecule has 1 aliphatic carbocycles. The second-order valence-electron chi connectivity index (χ2n) is 4.93. The SMILES string of the molecule is CCN(CCNc1cc(C(=O)OC)c(N)cn1)C1CC1. The van der Waals surface area contributed by atoms with Crippen LogP contribution in [0.4, 0.5) is 11.5 Å². The summed E-state index contributed by atoms with van der Waals surface area (Å²) in [6, 6.07) is 2.39. The molecule has 0 spiro atoms. The molecule has 20 heavy (non-hydrogen) atoms. The number of carbonyl (C=O) groups excluding carboxylic acids is 1. The molecule has 0 aliphatic heterocycles. The number of aromatic nitrogens is 1. The number of nitrogens with one attached hydrogen (secondary N) is 1. The summed E-state index contributed by atoms with van der Waals surface area (Å²) in [6.07, 6.45) is 4.09. The maximum Gasteiger partial charge on any atom is 0.340 e. The van der Waals surface area contributed by atoms with E-state index >= 15 is 0 Å². The molecule has 6 nitrogen and oxygen atoms in total. The largest absolute Gasteiger partial charge is 0.465 e. The van der Waals surface area contributed by atoms with Crippen LogP contribution in [0.2, 0.25) is 0 Å². The Kier molecular flexibility index (Phi) is 4.79. The Labute approximate surface area is 119 Å². The summed E-state index contributed by atoms with van der Waals surface area (Å²) in [7, 11) is 1.34. The molecular weight excluding hydrogens is 256 g/mol. The van der Waals surface area contributed by atoms with Crippen molar-refractivity contribution in [2.24, 2.45) is 0 Å². The first-order valence-electron chi connectivity index (χ1n) is 6.97. The van der Waals surface area contributed by atoms with Gasteiger partial charge in [0.15, 0.2) is 0 Å². The van der Waals surface area contributed by atoms with Gasteiger partial charge in [-0.25, -0.2) is 9.78 Å². The van der Waals surface area contributed by atoms with Crippen molar-refractivity contribution >= 4 is 17.5 Å². The van der Waals surface area contributed by atoms with E-state index < -0.39 is 5.97 Å². The average Bonchev–Trinajstić information content (AvgIpc) is 3.29. The molecule has 1 heterocycles. The molecule has 0 bridgehead atoms. The minimum absolute atomic E-state index is 0.329. The second-order valence-corrected chi connectivity index (χ2v) is 4.93. The molecule has 2 rings (SSSR count). The highest BCUT2D eigenvalue weighted by molar-refractivity contribution is 5.95. The minimum atomic E-state index is -0.443. The van der Waals surface area contributed by atoms with E-state index in [1.54, 1.807) is 6.07 Å².